The van der Waals surface area contributed by atoms with Crippen LogP contribution in [0.3, 0.4) is 0 Å². The number of nitrogens with zero attached hydrogens (tertiary/aromatic N) is 4. The normalized spacial score (nSPS) is 13.6. The van der Waals surface area contributed by atoms with Crippen LogP contribution in [0.2, 0.25) is 10.2 Å². The van der Waals surface area contributed by atoms with Gasteiger partial charge in [0.1, 0.15) is 11.0 Å². The van der Waals surface area contributed by atoms with Gasteiger partial charge in [-0.15, -0.1) is 0 Å². The van der Waals surface area contributed by atoms with Crippen LogP contribution in [0.1, 0.15) is 42.1 Å². The van der Waals surface area contributed by atoms with Crippen molar-refractivity contribution >= 4 is 52.4 Å². The summed E-state index contributed by atoms with van der Waals surface area (Å²) in [6.45, 7) is 6.19. The molecule has 1 amide bonds. The van der Waals surface area contributed by atoms with Crippen molar-refractivity contribution in [1.29, 1.82) is 0 Å². The van der Waals surface area contributed by atoms with Crippen molar-refractivity contribution in [3.63, 3.8) is 0 Å². The van der Waals surface area contributed by atoms with E-state index in [1.165, 1.54) is 11.8 Å². The van der Waals surface area contributed by atoms with E-state index in [4.69, 9.17) is 28.2 Å². The van der Waals surface area contributed by atoms with E-state index in [2.05, 4.69) is 33.1 Å². The number of aromatic nitrogens is 2. The first-order valence-electron chi connectivity index (χ1n) is 12.3. The number of carbonyl (C=O) groups is 1. The van der Waals surface area contributed by atoms with E-state index < -0.39 is 0 Å². The molecule has 0 unspecified atom stereocenters. The van der Waals surface area contributed by atoms with Crippen LogP contribution in [-0.4, -0.2) is 48.6 Å². The van der Waals surface area contributed by atoms with Gasteiger partial charge < -0.3 is 15.1 Å². The molecule has 9 heteroatoms. The molecule has 1 fully saturated rings. The van der Waals surface area contributed by atoms with E-state index in [1.54, 1.807) is 0 Å². The molecule has 3 aromatic rings. The summed E-state index contributed by atoms with van der Waals surface area (Å²) in [6, 6.07) is 17.5. The van der Waals surface area contributed by atoms with Crippen LogP contribution in [0.5, 0.6) is 0 Å². The molecule has 2 heterocycles. The average molecular weight is 545 g/mol. The van der Waals surface area contributed by atoms with Gasteiger partial charge in [0.05, 0.1) is 10.7 Å². The zero-order valence-electron chi connectivity index (χ0n) is 20.4. The molecule has 1 aromatic heterocycles. The highest BCUT2D eigenvalue weighted by Gasteiger charge is 2.21. The van der Waals surface area contributed by atoms with Gasteiger partial charge in [-0.2, -0.15) is 0 Å². The molecular weight excluding hydrogens is 513 g/mol. The molecule has 1 saturated heterocycles. The smallest absolute Gasteiger partial charge is 0.251 e. The van der Waals surface area contributed by atoms with Crippen molar-refractivity contribution in [3.8, 4) is 0 Å². The van der Waals surface area contributed by atoms with Crippen molar-refractivity contribution in [2.45, 2.75) is 37.1 Å². The zero-order valence-corrected chi connectivity index (χ0v) is 22.7. The molecule has 4 rings (SSSR count). The lowest BCUT2D eigenvalue weighted by Gasteiger charge is -2.37. The number of piperazine rings is 1. The summed E-state index contributed by atoms with van der Waals surface area (Å²) in [5.74, 6) is 1.45. The lowest BCUT2D eigenvalue weighted by Crippen LogP contribution is -2.47. The van der Waals surface area contributed by atoms with Gasteiger partial charge in [0.2, 0.25) is 0 Å². The average Bonchev–Trinajstić information content (AvgIpc) is 2.90. The summed E-state index contributed by atoms with van der Waals surface area (Å²) in [5, 5.41) is 4.82. The minimum Gasteiger partial charge on any atom is -0.367 e. The lowest BCUT2D eigenvalue weighted by molar-refractivity contribution is 0.0953. The van der Waals surface area contributed by atoms with Gasteiger partial charge in [-0.05, 0) is 36.2 Å². The van der Waals surface area contributed by atoms with E-state index >= 15 is 0 Å². The Balaban J connectivity index is 1.35. The topological polar surface area (TPSA) is 61.4 Å². The third-order valence-corrected chi connectivity index (χ3v) is 7.51. The highest BCUT2D eigenvalue weighted by molar-refractivity contribution is 7.98. The number of anilines is 2. The molecular formula is C27H31Cl2N5OS. The van der Waals surface area contributed by atoms with Crippen molar-refractivity contribution in [1.82, 2.24) is 15.3 Å². The molecule has 0 bridgehead atoms. The highest BCUT2D eigenvalue weighted by Crippen LogP contribution is 2.29. The molecule has 1 N–H and O–H groups in total. The molecule has 0 spiro atoms. The number of amides is 1. The zero-order chi connectivity index (χ0) is 25.3. The summed E-state index contributed by atoms with van der Waals surface area (Å²) >= 11 is 14.3. The fourth-order valence-corrected chi connectivity index (χ4v) is 5.41. The summed E-state index contributed by atoms with van der Waals surface area (Å²) < 4.78 is 0. The maximum Gasteiger partial charge on any atom is 0.251 e. The minimum atomic E-state index is -0.0322. The number of nitrogens with one attached hydrogen (secondary N) is 1. The number of para-hydroxylation sites is 1. The van der Waals surface area contributed by atoms with Crippen molar-refractivity contribution in [3.05, 3.63) is 75.9 Å². The molecule has 6 nitrogen and oxygen atoms in total. The van der Waals surface area contributed by atoms with E-state index in [-0.39, 0.29) is 5.91 Å². The maximum absolute atomic E-state index is 12.5. The third-order valence-electron chi connectivity index (χ3n) is 6.08. The number of hydrogen-bond donors (Lipinski definition) is 1. The van der Waals surface area contributed by atoms with Crippen LogP contribution in [0, 0.1) is 0 Å². The number of hydrogen-bond acceptors (Lipinski definition) is 6. The van der Waals surface area contributed by atoms with Crippen molar-refractivity contribution in [2.24, 2.45) is 0 Å². The Morgan fingerprint density at radius 2 is 1.75 bits per heavy atom. The Hall–Kier alpha value is -2.48. The molecule has 0 radical (unpaired) electrons. The van der Waals surface area contributed by atoms with Crippen LogP contribution >= 0.6 is 35.0 Å². The summed E-state index contributed by atoms with van der Waals surface area (Å²) in [4.78, 5) is 26.2. The quantitative estimate of drug-likeness (QED) is 0.140. The molecule has 1 aliphatic rings. The third kappa shape index (κ3) is 7.28. The first-order valence-corrected chi connectivity index (χ1v) is 14.1. The maximum atomic E-state index is 12.5. The second kappa shape index (κ2) is 13.2. The van der Waals surface area contributed by atoms with Gasteiger partial charge >= 0.3 is 0 Å². The first-order chi connectivity index (χ1) is 17.5. The lowest BCUT2D eigenvalue weighted by atomic mass is 10.1. The number of thioether (sulfide) groups is 1. The van der Waals surface area contributed by atoms with E-state index in [9.17, 15) is 4.79 Å². The monoisotopic (exact) mass is 543 g/mol. The van der Waals surface area contributed by atoms with E-state index in [0.29, 0.717) is 28.2 Å². The summed E-state index contributed by atoms with van der Waals surface area (Å²) in [7, 11) is 0. The van der Waals surface area contributed by atoms with Crippen LogP contribution < -0.4 is 15.1 Å². The summed E-state index contributed by atoms with van der Waals surface area (Å²) in [6.07, 6.45) is 3.26. The SMILES string of the molecule is CCCCCNC(=O)c1cccc(CSc2nc(Cl)cc(N3CCN(c4ccccc4Cl)CC3)n2)c1. The van der Waals surface area contributed by atoms with Crippen LogP contribution in [-0.2, 0) is 5.75 Å². The second-order valence-electron chi connectivity index (χ2n) is 8.71. The Labute approximate surface area is 227 Å². The van der Waals surface area contributed by atoms with Gasteiger partial charge in [-0.1, -0.05) is 79.0 Å². The molecule has 0 atom stereocenters. The molecule has 0 saturated carbocycles. The fraction of sp³-hybridized carbons (Fsp3) is 0.370. The van der Waals surface area contributed by atoms with Gasteiger partial charge in [0.25, 0.3) is 5.91 Å². The number of carbonyl (C=O) groups excluding carboxylic acids is 1. The second-order valence-corrected chi connectivity index (χ2v) is 10.4. The molecule has 36 heavy (non-hydrogen) atoms. The molecule has 1 aliphatic heterocycles. The number of benzene rings is 2. The van der Waals surface area contributed by atoms with Crippen LogP contribution in [0.15, 0.2) is 59.8 Å². The standard InChI is InChI=1S/C27H31Cl2N5OS/c1-2-3-6-12-30-26(35)21-9-7-8-20(17-21)19-36-27-31-24(29)18-25(32-27)34-15-13-33(14-16-34)23-11-5-4-10-22(23)28/h4-5,7-11,17-18H,2-3,6,12-16,19H2,1H3,(H,30,35). The van der Waals surface area contributed by atoms with Crippen molar-refractivity contribution < 1.29 is 4.79 Å². The first kappa shape index (κ1) is 26.6. The number of halogens is 2. The Kier molecular flexibility index (Phi) is 9.73. The highest BCUT2D eigenvalue weighted by atomic mass is 35.5. The fourth-order valence-electron chi connectivity index (χ4n) is 4.13. The van der Waals surface area contributed by atoms with Gasteiger partial charge in [-0.3, -0.25) is 4.79 Å². The predicted molar refractivity (Wildman–Crippen MR) is 151 cm³/mol. The van der Waals surface area contributed by atoms with E-state index in [1.807, 2.05) is 48.5 Å². The van der Waals surface area contributed by atoms with Gasteiger partial charge in [-0.25, -0.2) is 9.97 Å². The largest absolute Gasteiger partial charge is 0.367 e. The van der Waals surface area contributed by atoms with Gasteiger partial charge in [0.15, 0.2) is 5.16 Å². The number of rotatable bonds is 10. The molecule has 0 aliphatic carbocycles. The Bertz CT molecular complexity index is 1170. The molecule has 190 valence electrons. The predicted octanol–water partition coefficient (Wildman–Crippen LogP) is 6.32. The van der Waals surface area contributed by atoms with Gasteiger partial charge in [0, 0.05) is 50.1 Å². The Morgan fingerprint density at radius 3 is 2.53 bits per heavy atom. The Morgan fingerprint density at radius 1 is 0.972 bits per heavy atom. The van der Waals surface area contributed by atoms with Crippen molar-refractivity contribution in [2.75, 3.05) is 42.5 Å². The minimum absolute atomic E-state index is 0.0322. The summed E-state index contributed by atoms with van der Waals surface area (Å²) in [5.41, 5.74) is 2.78. The number of unbranched alkanes of at least 4 members (excludes halogenated alkanes) is 2. The van der Waals surface area contributed by atoms with Crippen LogP contribution in [0.4, 0.5) is 11.5 Å². The molecule has 2 aromatic carbocycles. The van der Waals surface area contributed by atoms with E-state index in [0.717, 1.165) is 67.5 Å². The van der Waals surface area contributed by atoms with Crippen LogP contribution in [0.25, 0.3) is 0 Å².